The second-order valence-electron chi connectivity index (χ2n) is 4.82. The van der Waals surface area contributed by atoms with Gasteiger partial charge in [0, 0.05) is 26.2 Å². The van der Waals surface area contributed by atoms with Crippen molar-refractivity contribution in [1.82, 2.24) is 19.5 Å². The number of nitriles is 1. The van der Waals surface area contributed by atoms with Gasteiger partial charge in [0.2, 0.25) is 11.0 Å². The summed E-state index contributed by atoms with van der Waals surface area (Å²) >= 11 is 8.43. The van der Waals surface area contributed by atoms with Crippen molar-refractivity contribution in [2.45, 2.75) is 0 Å². The maximum atomic E-state index is 11.9. The molecule has 0 atom stereocenters. The molecule has 2 aromatic heterocycles. The molecule has 8 nitrogen and oxygen atoms in total. The molecule has 0 saturated carbocycles. The predicted molar refractivity (Wildman–Crippen MR) is 89.0 cm³/mol. The first-order valence-electron chi connectivity index (χ1n) is 6.76. The largest absolute Gasteiger partial charge is 0.358 e. The summed E-state index contributed by atoms with van der Waals surface area (Å²) in [5.41, 5.74) is 2.00. The summed E-state index contributed by atoms with van der Waals surface area (Å²) in [5, 5.41) is 20.9. The van der Waals surface area contributed by atoms with Crippen LogP contribution >= 0.6 is 34.5 Å². The van der Waals surface area contributed by atoms with Crippen molar-refractivity contribution >= 4 is 50.5 Å². The van der Waals surface area contributed by atoms with Crippen LogP contribution in [0.15, 0.2) is 5.51 Å². The molecule has 120 valence electrons. The van der Waals surface area contributed by atoms with Gasteiger partial charge in [-0.05, 0) is 11.5 Å². The topological polar surface area (TPSA) is 98.0 Å². The van der Waals surface area contributed by atoms with Gasteiger partial charge < -0.3 is 4.90 Å². The highest BCUT2D eigenvalue weighted by Crippen LogP contribution is 2.31. The molecule has 0 spiro atoms. The Bertz CT molecular complexity index is 718. The highest BCUT2D eigenvalue weighted by Gasteiger charge is 2.24. The van der Waals surface area contributed by atoms with Crippen LogP contribution in [-0.4, -0.2) is 58.1 Å². The third kappa shape index (κ3) is 3.76. The summed E-state index contributed by atoms with van der Waals surface area (Å²) in [6.45, 7) is 3.20. The standard InChI is InChI=1S/C12H12ClN7OS2/c13-10-8(5-14)11(23-18-10)20-3-1-19(2-4-20)6-9(21)16-12-17-15-7-22-12/h7H,1-4,6H2,(H,16,17,21). The van der Waals surface area contributed by atoms with Crippen molar-refractivity contribution in [2.24, 2.45) is 0 Å². The van der Waals surface area contributed by atoms with E-state index in [1.807, 2.05) is 0 Å². The Morgan fingerprint density at radius 3 is 2.87 bits per heavy atom. The van der Waals surface area contributed by atoms with Gasteiger partial charge >= 0.3 is 0 Å². The number of nitrogens with zero attached hydrogens (tertiary/aromatic N) is 6. The van der Waals surface area contributed by atoms with Crippen molar-refractivity contribution in [3.63, 3.8) is 0 Å². The van der Waals surface area contributed by atoms with Gasteiger partial charge in [-0.3, -0.25) is 15.0 Å². The molecule has 0 bridgehead atoms. The van der Waals surface area contributed by atoms with E-state index >= 15 is 0 Å². The SMILES string of the molecule is N#Cc1c(Cl)nsc1N1CCN(CC(=O)Nc2nncs2)CC1. The van der Waals surface area contributed by atoms with Crippen LogP contribution in [0.2, 0.25) is 5.15 Å². The van der Waals surface area contributed by atoms with E-state index in [9.17, 15) is 4.79 Å². The van der Waals surface area contributed by atoms with Crippen LogP contribution in [0.5, 0.6) is 0 Å². The number of anilines is 2. The van der Waals surface area contributed by atoms with Gasteiger partial charge in [-0.1, -0.05) is 22.9 Å². The number of hydrogen-bond donors (Lipinski definition) is 1. The fraction of sp³-hybridized carbons (Fsp3) is 0.417. The van der Waals surface area contributed by atoms with E-state index in [0.717, 1.165) is 31.2 Å². The molecule has 1 fully saturated rings. The van der Waals surface area contributed by atoms with Gasteiger partial charge in [-0.15, -0.1) is 10.2 Å². The Labute approximate surface area is 145 Å². The van der Waals surface area contributed by atoms with E-state index in [1.165, 1.54) is 22.9 Å². The molecule has 1 N–H and O–H groups in total. The van der Waals surface area contributed by atoms with E-state index < -0.39 is 0 Å². The number of carbonyl (C=O) groups is 1. The Morgan fingerprint density at radius 2 is 2.22 bits per heavy atom. The van der Waals surface area contributed by atoms with E-state index in [0.29, 0.717) is 17.2 Å². The molecule has 1 amide bonds. The molecule has 3 rings (SSSR count). The average molecular weight is 370 g/mol. The molecule has 0 aliphatic carbocycles. The molecule has 11 heteroatoms. The van der Waals surface area contributed by atoms with Crippen molar-refractivity contribution in [1.29, 1.82) is 5.26 Å². The van der Waals surface area contributed by atoms with Crippen LogP contribution in [0.3, 0.4) is 0 Å². The van der Waals surface area contributed by atoms with E-state index in [2.05, 4.69) is 35.8 Å². The molecule has 0 unspecified atom stereocenters. The molecule has 23 heavy (non-hydrogen) atoms. The molecule has 1 saturated heterocycles. The minimum Gasteiger partial charge on any atom is -0.358 e. The first-order valence-corrected chi connectivity index (χ1v) is 8.79. The Morgan fingerprint density at radius 1 is 1.43 bits per heavy atom. The lowest BCUT2D eigenvalue weighted by molar-refractivity contribution is -0.117. The van der Waals surface area contributed by atoms with Gasteiger partial charge in [0.05, 0.1) is 6.54 Å². The summed E-state index contributed by atoms with van der Waals surface area (Å²) < 4.78 is 4.03. The summed E-state index contributed by atoms with van der Waals surface area (Å²) in [5.74, 6) is -0.103. The number of rotatable bonds is 4. The number of amides is 1. The van der Waals surface area contributed by atoms with E-state index in [1.54, 1.807) is 5.51 Å². The lowest BCUT2D eigenvalue weighted by atomic mass is 10.3. The Hall–Kier alpha value is -1.80. The number of hydrogen-bond acceptors (Lipinski definition) is 9. The third-order valence-electron chi connectivity index (χ3n) is 3.38. The molecule has 1 aliphatic heterocycles. The molecule has 1 aliphatic rings. The second kappa shape index (κ2) is 7.18. The number of carbonyl (C=O) groups excluding carboxylic acids is 1. The number of nitrogens with one attached hydrogen (secondary N) is 1. The van der Waals surface area contributed by atoms with Crippen molar-refractivity contribution in [2.75, 3.05) is 42.9 Å². The molecule has 3 heterocycles. The van der Waals surface area contributed by atoms with E-state index in [4.69, 9.17) is 16.9 Å². The van der Waals surface area contributed by atoms with Gasteiger partial charge in [-0.2, -0.15) is 9.64 Å². The van der Waals surface area contributed by atoms with Crippen LogP contribution in [0, 0.1) is 11.3 Å². The zero-order valence-electron chi connectivity index (χ0n) is 11.9. The van der Waals surface area contributed by atoms with Crippen LogP contribution in [0.1, 0.15) is 5.56 Å². The maximum absolute atomic E-state index is 11.9. The Balaban J connectivity index is 1.52. The van der Waals surface area contributed by atoms with E-state index in [-0.39, 0.29) is 11.1 Å². The number of halogens is 1. The summed E-state index contributed by atoms with van der Waals surface area (Å²) in [7, 11) is 0. The number of piperazine rings is 1. The lowest BCUT2D eigenvalue weighted by Crippen LogP contribution is -2.48. The second-order valence-corrected chi connectivity index (χ2v) is 6.76. The minimum atomic E-state index is -0.103. The summed E-state index contributed by atoms with van der Waals surface area (Å²) in [6.07, 6.45) is 0. The fourth-order valence-corrected chi connectivity index (χ4v) is 3.81. The third-order valence-corrected chi connectivity index (χ3v) is 5.27. The predicted octanol–water partition coefficient (Wildman–Crippen LogP) is 1.28. The maximum Gasteiger partial charge on any atom is 0.240 e. The highest BCUT2D eigenvalue weighted by molar-refractivity contribution is 7.13. The van der Waals surface area contributed by atoms with Gasteiger partial charge in [-0.25, -0.2) is 0 Å². The lowest BCUT2D eigenvalue weighted by Gasteiger charge is -2.34. The first-order chi connectivity index (χ1) is 11.2. The molecule has 0 aromatic carbocycles. The first kappa shape index (κ1) is 16.1. The number of aromatic nitrogens is 3. The summed E-state index contributed by atoms with van der Waals surface area (Å²) in [4.78, 5) is 16.1. The van der Waals surface area contributed by atoms with Crippen LogP contribution in [-0.2, 0) is 4.79 Å². The normalized spacial score (nSPS) is 15.4. The average Bonchev–Trinajstić information content (AvgIpc) is 3.17. The van der Waals surface area contributed by atoms with Gasteiger partial charge in [0.1, 0.15) is 22.1 Å². The minimum absolute atomic E-state index is 0.103. The monoisotopic (exact) mass is 369 g/mol. The summed E-state index contributed by atoms with van der Waals surface area (Å²) in [6, 6.07) is 2.09. The fourth-order valence-electron chi connectivity index (χ4n) is 2.27. The van der Waals surface area contributed by atoms with Gasteiger partial charge in [0.15, 0.2) is 5.15 Å². The molecular weight excluding hydrogens is 358 g/mol. The molecule has 0 radical (unpaired) electrons. The van der Waals surface area contributed by atoms with Crippen molar-refractivity contribution in [3.8, 4) is 6.07 Å². The molecule has 2 aromatic rings. The van der Waals surface area contributed by atoms with Crippen LogP contribution in [0.4, 0.5) is 10.1 Å². The zero-order chi connectivity index (χ0) is 16.2. The van der Waals surface area contributed by atoms with Crippen molar-refractivity contribution in [3.05, 3.63) is 16.2 Å². The highest BCUT2D eigenvalue weighted by atomic mass is 35.5. The quantitative estimate of drug-likeness (QED) is 0.866. The smallest absolute Gasteiger partial charge is 0.240 e. The molecular formula is C12H12ClN7OS2. The van der Waals surface area contributed by atoms with Crippen LogP contribution in [0.25, 0.3) is 0 Å². The van der Waals surface area contributed by atoms with Gasteiger partial charge in [0.25, 0.3) is 0 Å². The van der Waals surface area contributed by atoms with Crippen molar-refractivity contribution < 1.29 is 4.79 Å². The zero-order valence-corrected chi connectivity index (χ0v) is 14.3. The van der Waals surface area contributed by atoms with Crippen LogP contribution < -0.4 is 10.2 Å². The Kier molecular flexibility index (Phi) is 5.02.